The second kappa shape index (κ2) is 9.22. The van der Waals surface area contributed by atoms with E-state index in [0.29, 0.717) is 5.56 Å². The van der Waals surface area contributed by atoms with Crippen LogP contribution in [0.1, 0.15) is 47.7 Å². The molecule has 118 valence electrons. The van der Waals surface area contributed by atoms with Crippen molar-refractivity contribution in [2.45, 2.75) is 37.5 Å². The summed E-state index contributed by atoms with van der Waals surface area (Å²) in [6.45, 7) is 2.21. The van der Waals surface area contributed by atoms with E-state index in [1.807, 2.05) is 42.7 Å². The third-order valence-corrected chi connectivity index (χ3v) is 4.49. The molecule has 0 aliphatic carbocycles. The molecule has 0 heterocycles. The fourth-order valence-electron chi connectivity index (χ4n) is 2.36. The maximum Gasteiger partial charge on any atom is 0.237 e. The molecule has 0 saturated carbocycles. The average Bonchev–Trinajstić information content (AvgIpc) is 2.61. The van der Waals surface area contributed by atoms with Crippen molar-refractivity contribution in [3.05, 3.63) is 65.2 Å². The molecule has 0 N–H and O–H groups in total. The minimum absolute atomic E-state index is 0.123. The third kappa shape index (κ3) is 5.30. The van der Waals surface area contributed by atoms with Crippen LogP contribution >= 0.6 is 11.8 Å². The van der Waals surface area contributed by atoms with E-state index in [2.05, 4.69) is 30.9 Å². The lowest BCUT2D eigenvalue weighted by Gasteiger charge is -2.01. The van der Waals surface area contributed by atoms with Crippen molar-refractivity contribution in [2.24, 2.45) is 0 Å². The molecule has 23 heavy (non-hydrogen) atoms. The zero-order chi connectivity index (χ0) is 16.5. The van der Waals surface area contributed by atoms with Crippen molar-refractivity contribution < 1.29 is 4.79 Å². The van der Waals surface area contributed by atoms with Crippen LogP contribution in [-0.2, 0) is 6.42 Å². The van der Waals surface area contributed by atoms with Crippen LogP contribution in [0.3, 0.4) is 0 Å². The van der Waals surface area contributed by atoms with Crippen molar-refractivity contribution >= 4 is 17.5 Å². The Balaban J connectivity index is 2.05. The Hall–Kier alpha value is -1.98. The summed E-state index contributed by atoms with van der Waals surface area (Å²) >= 11 is 1.57. The zero-order valence-electron chi connectivity index (χ0n) is 13.8. The van der Waals surface area contributed by atoms with Gasteiger partial charge in [-0.05, 0) is 54.8 Å². The van der Waals surface area contributed by atoms with Gasteiger partial charge in [0.1, 0.15) is 0 Å². The maximum absolute atomic E-state index is 12.3. The molecule has 0 amide bonds. The van der Waals surface area contributed by atoms with Crippen LogP contribution in [0.2, 0.25) is 0 Å². The van der Waals surface area contributed by atoms with E-state index < -0.39 is 0 Å². The molecule has 0 fully saturated rings. The average molecular weight is 322 g/mol. The molecule has 0 bridgehead atoms. The molecule has 0 atom stereocenters. The second-order valence-corrected chi connectivity index (χ2v) is 6.28. The van der Waals surface area contributed by atoms with Crippen LogP contribution in [0, 0.1) is 11.8 Å². The molecule has 0 aliphatic heterocycles. The second-order valence-electron chi connectivity index (χ2n) is 5.43. The highest BCUT2D eigenvalue weighted by Crippen LogP contribution is 2.20. The van der Waals surface area contributed by atoms with Crippen LogP contribution < -0.4 is 0 Å². The lowest BCUT2D eigenvalue weighted by atomic mass is 10.1. The zero-order valence-corrected chi connectivity index (χ0v) is 14.6. The number of unbranched alkanes of at least 4 members (excludes halogenated alkanes) is 2. The summed E-state index contributed by atoms with van der Waals surface area (Å²) in [4.78, 5) is 13.2. The highest BCUT2D eigenvalue weighted by Gasteiger charge is 2.07. The van der Waals surface area contributed by atoms with Gasteiger partial charge in [-0.2, -0.15) is 0 Å². The quantitative estimate of drug-likeness (QED) is 0.307. The predicted octanol–water partition coefficient (Wildman–Crippen LogP) is 5.38. The number of carbonyl (C=O) groups excluding carboxylic acids is 1. The van der Waals surface area contributed by atoms with Crippen molar-refractivity contribution in [3.63, 3.8) is 0 Å². The topological polar surface area (TPSA) is 17.1 Å². The minimum Gasteiger partial charge on any atom is -0.279 e. The molecular weight excluding hydrogens is 300 g/mol. The first-order valence-electron chi connectivity index (χ1n) is 8.03. The van der Waals surface area contributed by atoms with Gasteiger partial charge in [0, 0.05) is 16.0 Å². The van der Waals surface area contributed by atoms with E-state index in [9.17, 15) is 4.79 Å². The van der Waals surface area contributed by atoms with E-state index >= 15 is 0 Å². The number of aryl methyl sites for hydroxylation is 1. The van der Waals surface area contributed by atoms with Gasteiger partial charge in [0.15, 0.2) is 0 Å². The number of hydrogen-bond donors (Lipinski definition) is 0. The highest BCUT2D eigenvalue weighted by atomic mass is 32.2. The molecule has 0 aliphatic rings. The number of hydrogen-bond acceptors (Lipinski definition) is 2. The molecule has 0 saturated heterocycles. The lowest BCUT2D eigenvalue weighted by molar-refractivity contribution is 0.105. The molecule has 2 aromatic carbocycles. The van der Waals surface area contributed by atoms with Crippen LogP contribution in [0.4, 0.5) is 0 Å². The molecule has 1 nitrogen and oxygen atoms in total. The molecule has 0 spiro atoms. The summed E-state index contributed by atoms with van der Waals surface area (Å²) in [5, 5.41) is 0. The summed E-state index contributed by atoms with van der Waals surface area (Å²) in [5.41, 5.74) is 2.91. The van der Waals surface area contributed by atoms with Crippen molar-refractivity contribution in [2.75, 3.05) is 6.26 Å². The molecule has 2 rings (SSSR count). The van der Waals surface area contributed by atoms with E-state index in [0.717, 1.165) is 16.9 Å². The van der Waals surface area contributed by atoms with Crippen LogP contribution in [0.5, 0.6) is 0 Å². The predicted molar refractivity (Wildman–Crippen MR) is 99.1 cm³/mol. The van der Waals surface area contributed by atoms with E-state index in [1.165, 1.54) is 24.8 Å². The molecule has 2 aromatic rings. The van der Waals surface area contributed by atoms with E-state index in [-0.39, 0.29) is 5.78 Å². The Bertz CT molecular complexity index is 705. The first kappa shape index (κ1) is 17.4. The normalized spacial score (nSPS) is 10.0. The summed E-state index contributed by atoms with van der Waals surface area (Å²) in [6, 6.07) is 15.8. The SMILES string of the molecule is CCCCCc1ccc(C#CC(=O)c2ccccc2SC)cc1. The van der Waals surface area contributed by atoms with Gasteiger partial charge in [-0.15, -0.1) is 11.8 Å². The monoisotopic (exact) mass is 322 g/mol. The van der Waals surface area contributed by atoms with Crippen molar-refractivity contribution in [1.29, 1.82) is 0 Å². The first-order valence-corrected chi connectivity index (χ1v) is 9.25. The summed E-state index contributed by atoms with van der Waals surface area (Å²) in [6.07, 6.45) is 6.82. The van der Waals surface area contributed by atoms with E-state index in [4.69, 9.17) is 0 Å². The molecule has 2 heteroatoms. The Morgan fingerprint density at radius 3 is 2.48 bits per heavy atom. The highest BCUT2D eigenvalue weighted by molar-refractivity contribution is 7.98. The van der Waals surface area contributed by atoms with Crippen LogP contribution in [0.15, 0.2) is 53.4 Å². The molecule has 0 radical (unpaired) electrons. The fraction of sp³-hybridized carbons (Fsp3) is 0.286. The minimum atomic E-state index is -0.123. The van der Waals surface area contributed by atoms with Gasteiger partial charge in [-0.3, -0.25) is 4.79 Å². The largest absolute Gasteiger partial charge is 0.279 e. The Morgan fingerprint density at radius 1 is 1.04 bits per heavy atom. The van der Waals surface area contributed by atoms with Gasteiger partial charge in [0.2, 0.25) is 5.78 Å². The molecule has 0 aromatic heterocycles. The number of rotatable bonds is 6. The first-order chi connectivity index (χ1) is 11.2. The smallest absolute Gasteiger partial charge is 0.237 e. The van der Waals surface area contributed by atoms with Gasteiger partial charge < -0.3 is 0 Å². The summed E-state index contributed by atoms with van der Waals surface area (Å²) in [7, 11) is 0. The van der Waals surface area contributed by atoms with Gasteiger partial charge in [0.25, 0.3) is 0 Å². The van der Waals surface area contributed by atoms with Crippen molar-refractivity contribution in [1.82, 2.24) is 0 Å². The van der Waals surface area contributed by atoms with Gasteiger partial charge in [-0.1, -0.05) is 50.0 Å². The van der Waals surface area contributed by atoms with Crippen LogP contribution in [0.25, 0.3) is 0 Å². The summed E-state index contributed by atoms with van der Waals surface area (Å²) in [5.74, 6) is 5.62. The van der Waals surface area contributed by atoms with Crippen molar-refractivity contribution in [3.8, 4) is 11.8 Å². The number of ketones is 1. The van der Waals surface area contributed by atoms with Gasteiger partial charge in [0.05, 0.1) is 0 Å². The number of benzene rings is 2. The maximum atomic E-state index is 12.3. The number of thioether (sulfide) groups is 1. The summed E-state index contributed by atoms with van der Waals surface area (Å²) < 4.78 is 0. The Kier molecular flexibility index (Phi) is 6.97. The Morgan fingerprint density at radius 2 is 1.78 bits per heavy atom. The van der Waals surface area contributed by atoms with Crippen LogP contribution in [-0.4, -0.2) is 12.0 Å². The fourth-order valence-corrected chi connectivity index (χ4v) is 2.96. The molecular formula is C21H22OS. The van der Waals surface area contributed by atoms with Gasteiger partial charge in [-0.25, -0.2) is 0 Å². The third-order valence-electron chi connectivity index (χ3n) is 3.69. The number of Topliss-reactive ketones (excluding diaryl/α,β-unsaturated/α-hetero) is 1. The number of carbonyl (C=O) groups is 1. The molecule has 0 unspecified atom stereocenters. The van der Waals surface area contributed by atoms with Gasteiger partial charge >= 0.3 is 0 Å². The van der Waals surface area contributed by atoms with E-state index in [1.54, 1.807) is 11.8 Å². The lowest BCUT2D eigenvalue weighted by Crippen LogP contribution is -1.97. The standard InChI is InChI=1S/C21H22OS/c1-3-4-5-8-17-11-13-18(14-12-17)15-16-20(22)19-9-6-7-10-21(19)23-2/h6-7,9-14H,3-5,8H2,1-2H3. The Labute approximate surface area is 143 Å².